The van der Waals surface area contributed by atoms with Crippen LogP contribution in [0, 0.1) is 5.92 Å². The Kier molecular flexibility index (Phi) is 3.90. The van der Waals surface area contributed by atoms with E-state index in [0.717, 1.165) is 6.07 Å². The van der Waals surface area contributed by atoms with Gasteiger partial charge in [0.15, 0.2) is 0 Å². The molecule has 104 valence electrons. The van der Waals surface area contributed by atoms with Gasteiger partial charge < -0.3 is 4.74 Å². The van der Waals surface area contributed by atoms with E-state index in [1.165, 1.54) is 6.07 Å². The molecule has 0 fully saturated rings. The van der Waals surface area contributed by atoms with E-state index in [2.05, 4.69) is 20.9 Å². The lowest BCUT2D eigenvalue weighted by Gasteiger charge is -2.12. The van der Waals surface area contributed by atoms with Gasteiger partial charge in [0.05, 0.1) is 11.6 Å². The fourth-order valence-electron chi connectivity index (χ4n) is 1.82. The van der Waals surface area contributed by atoms with Crippen LogP contribution < -0.4 is 0 Å². The molecular formula is C13H13BrF3NO. The minimum atomic E-state index is -4.43. The van der Waals surface area contributed by atoms with E-state index < -0.39 is 11.7 Å². The van der Waals surface area contributed by atoms with E-state index in [9.17, 15) is 13.2 Å². The SMILES string of the molecule is CC(C)[C@H]1COC(c2ccc(Br)cc2C(F)(F)F)=N1. The number of benzene rings is 1. The molecule has 0 amide bonds. The van der Waals surface area contributed by atoms with Crippen molar-refractivity contribution in [2.45, 2.75) is 26.1 Å². The maximum Gasteiger partial charge on any atom is 0.417 e. The number of nitrogens with zero attached hydrogens (tertiary/aromatic N) is 1. The number of alkyl halides is 3. The molecule has 19 heavy (non-hydrogen) atoms. The Bertz CT molecular complexity index is 511. The zero-order valence-electron chi connectivity index (χ0n) is 10.5. The van der Waals surface area contributed by atoms with Gasteiger partial charge in [0, 0.05) is 10.0 Å². The topological polar surface area (TPSA) is 21.6 Å². The van der Waals surface area contributed by atoms with Crippen molar-refractivity contribution in [3.8, 4) is 0 Å². The van der Waals surface area contributed by atoms with E-state index >= 15 is 0 Å². The highest BCUT2D eigenvalue weighted by Gasteiger charge is 2.36. The summed E-state index contributed by atoms with van der Waals surface area (Å²) in [7, 11) is 0. The molecule has 6 heteroatoms. The molecule has 0 aliphatic carbocycles. The van der Waals surface area contributed by atoms with Crippen molar-refractivity contribution in [1.82, 2.24) is 0 Å². The van der Waals surface area contributed by atoms with Crippen molar-refractivity contribution in [2.24, 2.45) is 10.9 Å². The molecule has 1 aromatic rings. The van der Waals surface area contributed by atoms with E-state index in [-0.39, 0.29) is 23.4 Å². The number of rotatable bonds is 2. The molecule has 0 N–H and O–H groups in total. The van der Waals surface area contributed by atoms with Crippen LogP contribution in [0.5, 0.6) is 0 Å². The molecule has 0 saturated carbocycles. The minimum absolute atomic E-state index is 0.00106. The number of hydrogen-bond donors (Lipinski definition) is 0. The molecule has 0 aromatic heterocycles. The number of halogens is 4. The molecule has 1 heterocycles. The van der Waals surface area contributed by atoms with Crippen molar-refractivity contribution in [3.05, 3.63) is 33.8 Å². The average Bonchev–Trinajstić information content (AvgIpc) is 2.77. The predicted octanol–water partition coefficient (Wildman–Crippen LogP) is 4.27. The van der Waals surface area contributed by atoms with Gasteiger partial charge in [0.1, 0.15) is 6.61 Å². The van der Waals surface area contributed by atoms with Crippen LogP contribution in [0.15, 0.2) is 27.7 Å². The van der Waals surface area contributed by atoms with Crippen LogP contribution in [0.1, 0.15) is 25.0 Å². The van der Waals surface area contributed by atoms with Crippen LogP contribution in [-0.4, -0.2) is 18.5 Å². The lowest BCUT2D eigenvalue weighted by molar-refractivity contribution is -0.137. The lowest BCUT2D eigenvalue weighted by atomic mass is 10.1. The van der Waals surface area contributed by atoms with Gasteiger partial charge in [-0.2, -0.15) is 13.2 Å². The largest absolute Gasteiger partial charge is 0.475 e. The molecule has 0 bridgehead atoms. The summed E-state index contributed by atoms with van der Waals surface area (Å²) in [4.78, 5) is 4.24. The van der Waals surface area contributed by atoms with Gasteiger partial charge in [0.2, 0.25) is 5.90 Å². The molecule has 1 atom stereocenters. The Morgan fingerprint density at radius 2 is 2.05 bits per heavy atom. The summed E-state index contributed by atoms with van der Waals surface area (Å²) < 4.78 is 44.7. The summed E-state index contributed by atoms with van der Waals surface area (Å²) >= 11 is 3.05. The second-order valence-corrected chi connectivity index (χ2v) is 5.66. The van der Waals surface area contributed by atoms with Crippen LogP contribution in [0.2, 0.25) is 0 Å². The molecule has 0 radical (unpaired) electrons. The highest BCUT2D eigenvalue weighted by Crippen LogP contribution is 2.35. The first-order valence-electron chi connectivity index (χ1n) is 5.86. The van der Waals surface area contributed by atoms with Crippen molar-refractivity contribution >= 4 is 21.8 Å². The van der Waals surface area contributed by atoms with Gasteiger partial charge in [-0.1, -0.05) is 29.8 Å². The molecule has 0 unspecified atom stereocenters. The van der Waals surface area contributed by atoms with E-state index in [1.807, 2.05) is 13.8 Å². The van der Waals surface area contributed by atoms with Crippen LogP contribution >= 0.6 is 15.9 Å². The lowest BCUT2D eigenvalue weighted by Crippen LogP contribution is -2.14. The normalized spacial score (nSPS) is 19.5. The van der Waals surface area contributed by atoms with Gasteiger partial charge in [-0.05, 0) is 24.1 Å². The van der Waals surface area contributed by atoms with E-state index in [4.69, 9.17) is 4.74 Å². The number of aliphatic imine (C=N–C) groups is 1. The second-order valence-electron chi connectivity index (χ2n) is 4.74. The Labute approximate surface area is 117 Å². The molecule has 1 aliphatic rings. The molecule has 1 aliphatic heterocycles. The Balaban J connectivity index is 2.44. The van der Waals surface area contributed by atoms with E-state index in [1.54, 1.807) is 6.07 Å². The smallest absolute Gasteiger partial charge is 0.417 e. The third-order valence-corrected chi connectivity index (χ3v) is 3.45. The summed E-state index contributed by atoms with van der Waals surface area (Å²) in [6.45, 7) is 4.26. The van der Waals surface area contributed by atoms with E-state index in [0.29, 0.717) is 11.1 Å². The number of hydrogen-bond acceptors (Lipinski definition) is 2. The minimum Gasteiger partial charge on any atom is -0.475 e. The summed E-state index contributed by atoms with van der Waals surface area (Å²) in [5, 5.41) is 0. The third-order valence-electron chi connectivity index (χ3n) is 2.96. The highest BCUT2D eigenvalue weighted by molar-refractivity contribution is 9.10. The standard InChI is InChI=1S/C13H13BrF3NO/c1-7(2)11-6-19-12(18-11)9-4-3-8(14)5-10(9)13(15,16)17/h3-5,7,11H,6H2,1-2H3/t11-/m1/s1. The first-order chi connectivity index (χ1) is 8.79. The Morgan fingerprint density at radius 3 is 2.58 bits per heavy atom. The van der Waals surface area contributed by atoms with Gasteiger partial charge in [-0.25, -0.2) is 4.99 Å². The summed E-state index contributed by atoms with van der Waals surface area (Å²) in [6.07, 6.45) is -4.43. The quantitative estimate of drug-likeness (QED) is 0.790. The maximum absolute atomic E-state index is 13.0. The fourth-order valence-corrected chi connectivity index (χ4v) is 2.18. The summed E-state index contributed by atoms with van der Waals surface area (Å²) in [5.74, 6) is 0.320. The van der Waals surface area contributed by atoms with Crippen molar-refractivity contribution in [1.29, 1.82) is 0 Å². The van der Waals surface area contributed by atoms with Crippen molar-refractivity contribution in [2.75, 3.05) is 6.61 Å². The zero-order chi connectivity index (χ0) is 14.2. The first-order valence-corrected chi connectivity index (χ1v) is 6.66. The molecule has 2 rings (SSSR count). The Hall–Kier alpha value is -1.04. The highest BCUT2D eigenvalue weighted by atomic mass is 79.9. The monoisotopic (exact) mass is 335 g/mol. The van der Waals surface area contributed by atoms with Crippen LogP contribution in [0.3, 0.4) is 0 Å². The molecule has 0 spiro atoms. The maximum atomic E-state index is 13.0. The predicted molar refractivity (Wildman–Crippen MR) is 70.3 cm³/mol. The fraction of sp³-hybridized carbons (Fsp3) is 0.462. The number of ether oxygens (including phenoxy) is 1. The first kappa shape index (κ1) is 14.4. The summed E-state index contributed by atoms with van der Waals surface area (Å²) in [5.41, 5.74) is -0.733. The third kappa shape index (κ3) is 3.11. The van der Waals surface area contributed by atoms with Crippen molar-refractivity contribution < 1.29 is 17.9 Å². The molecule has 0 saturated heterocycles. The molecular weight excluding hydrogens is 323 g/mol. The van der Waals surface area contributed by atoms with Gasteiger partial charge >= 0.3 is 6.18 Å². The Morgan fingerprint density at radius 1 is 1.37 bits per heavy atom. The van der Waals surface area contributed by atoms with Crippen LogP contribution in [0.4, 0.5) is 13.2 Å². The average molecular weight is 336 g/mol. The second kappa shape index (κ2) is 5.15. The van der Waals surface area contributed by atoms with Gasteiger partial charge in [-0.3, -0.25) is 0 Å². The van der Waals surface area contributed by atoms with Gasteiger partial charge in [-0.15, -0.1) is 0 Å². The molecule has 1 aromatic carbocycles. The van der Waals surface area contributed by atoms with Gasteiger partial charge in [0.25, 0.3) is 0 Å². The zero-order valence-corrected chi connectivity index (χ0v) is 12.0. The summed E-state index contributed by atoms with van der Waals surface area (Å²) in [6, 6.07) is 3.90. The van der Waals surface area contributed by atoms with Crippen molar-refractivity contribution in [3.63, 3.8) is 0 Å². The molecule has 2 nitrogen and oxygen atoms in total. The van der Waals surface area contributed by atoms with Crippen LogP contribution in [0.25, 0.3) is 0 Å². The van der Waals surface area contributed by atoms with Crippen LogP contribution in [-0.2, 0) is 10.9 Å².